The lowest BCUT2D eigenvalue weighted by atomic mass is 10.1. The van der Waals surface area contributed by atoms with Gasteiger partial charge >= 0.3 is 0 Å². The molecule has 1 saturated carbocycles. The van der Waals surface area contributed by atoms with E-state index in [4.69, 9.17) is 5.73 Å². The normalized spacial score (nSPS) is 16.8. The van der Waals surface area contributed by atoms with Crippen molar-refractivity contribution in [3.8, 4) is 0 Å². The van der Waals surface area contributed by atoms with Crippen molar-refractivity contribution >= 4 is 5.91 Å². The third-order valence-corrected chi connectivity index (χ3v) is 3.43. The van der Waals surface area contributed by atoms with Crippen molar-refractivity contribution in [2.75, 3.05) is 6.54 Å². The summed E-state index contributed by atoms with van der Waals surface area (Å²) >= 11 is 0. The highest BCUT2D eigenvalue weighted by Gasteiger charge is 2.27. The summed E-state index contributed by atoms with van der Waals surface area (Å²) in [6, 6.07) is 7.50. The molecule has 1 amide bonds. The van der Waals surface area contributed by atoms with Crippen molar-refractivity contribution in [3.63, 3.8) is 0 Å². The lowest BCUT2D eigenvalue weighted by Crippen LogP contribution is -2.22. The van der Waals surface area contributed by atoms with Gasteiger partial charge in [-0.1, -0.05) is 19.1 Å². The number of rotatable bonds is 6. The van der Waals surface area contributed by atoms with Crippen molar-refractivity contribution in [3.05, 3.63) is 35.4 Å². The fourth-order valence-electron chi connectivity index (χ4n) is 2.11. The van der Waals surface area contributed by atoms with E-state index in [1.54, 1.807) is 6.07 Å². The lowest BCUT2D eigenvalue weighted by molar-refractivity contribution is 0.1000. The summed E-state index contributed by atoms with van der Waals surface area (Å²) in [5.74, 6) is 1.33. The van der Waals surface area contributed by atoms with Crippen molar-refractivity contribution in [1.82, 2.24) is 5.32 Å². The van der Waals surface area contributed by atoms with Gasteiger partial charge < -0.3 is 11.1 Å². The number of carbonyl (C=O) groups excluding carboxylic acids is 1. The number of nitrogens with one attached hydrogen (secondary N) is 1. The fraction of sp³-hybridized carbons (Fsp3) is 0.500. The Balaban J connectivity index is 1.81. The molecule has 3 N–H and O–H groups in total. The van der Waals surface area contributed by atoms with Crippen LogP contribution in [0.25, 0.3) is 0 Å². The highest BCUT2D eigenvalue weighted by atomic mass is 16.1. The molecule has 0 aliphatic heterocycles. The third-order valence-electron chi connectivity index (χ3n) is 3.43. The average molecular weight is 232 g/mol. The van der Waals surface area contributed by atoms with Gasteiger partial charge in [-0.3, -0.25) is 4.79 Å². The van der Waals surface area contributed by atoms with Crippen LogP contribution in [0.5, 0.6) is 0 Å². The van der Waals surface area contributed by atoms with E-state index in [1.165, 1.54) is 12.8 Å². The average Bonchev–Trinajstić information content (AvgIpc) is 3.13. The Hall–Kier alpha value is -1.35. The van der Waals surface area contributed by atoms with Gasteiger partial charge in [-0.05, 0) is 48.9 Å². The van der Waals surface area contributed by atoms with Gasteiger partial charge in [0.2, 0.25) is 5.91 Å². The summed E-state index contributed by atoms with van der Waals surface area (Å²) in [4.78, 5) is 11.0. The molecule has 3 heteroatoms. The first kappa shape index (κ1) is 12.1. The van der Waals surface area contributed by atoms with E-state index in [0.29, 0.717) is 5.56 Å². The van der Waals surface area contributed by atoms with Crippen LogP contribution in [0.2, 0.25) is 0 Å². The molecule has 0 bridgehead atoms. The van der Waals surface area contributed by atoms with Crippen LogP contribution < -0.4 is 11.1 Å². The summed E-state index contributed by atoms with van der Waals surface area (Å²) in [7, 11) is 0. The van der Waals surface area contributed by atoms with E-state index >= 15 is 0 Å². The minimum Gasteiger partial charge on any atom is -0.366 e. The van der Waals surface area contributed by atoms with Crippen LogP contribution in [0.1, 0.15) is 35.7 Å². The number of amides is 1. The number of hydrogen-bond acceptors (Lipinski definition) is 2. The molecule has 0 saturated heterocycles. The van der Waals surface area contributed by atoms with E-state index in [0.717, 1.165) is 30.5 Å². The van der Waals surface area contributed by atoms with Crippen LogP contribution >= 0.6 is 0 Å². The SMILES string of the molecule is CC(CNCc1cccc(C(N)=O)c1)C1CC1. The summed E-state index contributed by atoms with van der Waals surface area (Å²) in [5, 5.41) is 3.44. The number of benzene rings is 1. The van der Waals surface area contributed by atoms with Gasteiger partial charge in [0.1, 0.15) is 0 Å². The maximum atomic E-state index is 11.0. The second-order valence-electron chi connectivity index (χ2n) is 5.01. The molecular weight excluding hydrogens is 212 g/mol. The fourth-order valence-corrected chi connectivity index (χ4v) is 2.11. The maximum Gasteiger partial charge on any atom is 0.248 e. The van der Waals surface area contributed by atoms with Crippen molar-refractivity contribution in [1.29, 1.82) is 0 Å². The summed E-state index contributed by atoms with van der Waals surface area (Å²) in [6.07, 6.45) is 2.78. The van der Waals surface area contributed by atoms with Gasteiger partial charge in [-0.2, -0.15) is 0 Å². The zero-order chi connectivity index (χ0) is 12.3. The molecule has 0 heterocycles. The van der Waals surface area contributed by atoms with Crippen molar-refractivity contribution in [2.45, 2.75) is 26.3 Å². The minimum absolute atomic E-state index is 0.363. The van der Waals surface area contributed by atoms with E-state index in [9.17, 15) is 4.79 Å². The molecule has 1 unspecified atom stereocenters. The molecule has 17 heavy (non-hydrogen) atoms. The van der Waals surface area contributed by atoms with Gasteiger partial charge in [-0.25, -0.2) is 0 Å². The molecule has 92 valence electrons. The predicted octanol–water partition coefficient (Wildman–Crippen LogP) is 1.92. The van der Waals surface area contributed by atoms with Gasteiger partial charge in [0.05, 0.1) is 0 Å². The molecule has 0 aromatic heterocycles. The molecule has 1 aliphatic rings. The summed E-state index contributed by atoms with van der Waals surface area (Å²) < 4.78 is 0. The van der Waals surface area contributed by atoms with E-state index in [1.807, 2.05) is 18.2 Å². The number of nitrogens with two attached hydrogens (primary N) is 1. The Labute approximate surface area is 102 Å². The Kier molecular flexibility index (Phi) is 3.79. The largest absolute Gasteiger partial charge is 0.366 e. The molecule has 2 rings (SSSR count). The summed E-state index contributed by atoms with van der Waals surface area (Å²) in [5.41, 5.74) is 6.95. The highest BCUT2D eigenvalue weighted by molar-refractivity contribution is 5.92. The third kappa shape index (κ3) is 3.56. The first-order valence-electron chi connectivity index (χ1n) is 6.26. The number of primary amides is 1. The van der Waals surface area contributed by atoms with Gasteiger partial charge in [0.25, 0.3) is 0 Å². The molecule has 1 aromatic carbocycles. The second-order valence-corrected chi connectivity index (χ2v) is 5.01. The van der Waals surface area contributed by atoms with Crippen LogP contribution in [0.15, 0.2) is 24.3 Å². The molecule has 1 aliphatic carbocycles. The molecule has 1 atom stereocenters. The van der Waals surface area contributed by atoms with E-state index < -0.39 is 0 Å². The minimum atomic E-state index is -0.363. The molecular formula is C14H20N2O. The van der Waals surface area contributed by atoms with Crippen molar-refractivity contribution in [2.24, 2.45) is 17.6 Å². The smallest absolute Gasteiger partial charge is 0.248 e. The first-order valence-corrected chi connectivity index (χ1v) is 6.26. The second kappa shape index (κ2) is 5.32. The number of hydrogen-bond donors (Lipinski definition) is 2. The molecule has 0 radical (unpaired) electrons. The van der Waals surface area contributed by atoms with Gasteiger partial charge in [-0.15, -0.1) is 0 Å². The predicted molar refractivity (Wildman–Crippen MR) is 68.6 cm³/mol. The van der Waals surface area contributed by atoms with Crippen LogP contribution in [-0.2, 0) is 6.54 Å². The highest BCUT2D eigenvalue weighted by Crippen LogP contribution is 2.36. The van der Waals surface area contributed by atoms with Gasteiger partial charge in [0, 0.05) is 12.1 Å². The van der Waals surface area contributed by atoms with E-state index in [2.05, 4.69) is 12.2 Å². The monoisotopic (exact) mass is 232 g/mol. The zero-order valence-corrected chi connectivity index (χ0v) is 10.3. The zero-order valence-electron chi connectivity index (χ0n) is 10.3. The molecule has 0 spiro atoms. The molecule has 1 fully saturated rings. The van der Waals surface area contributed by atoms with Crippen LogP contribution in [-0.4, -0.2) is 12.5 Å². The number of carbonyl (C=O) groups is 1. The van der Waals surface area contributed by atoms with Crippen molar-refractivity contribution < 1.29 is 4.79 Å². The molecule has 1 aromatic rings. The van der Waals surface area contributed by atoms with Crippen LogP contribution in [0.3, 0.4) is 0 Å². The Morgan fingerprint density at radius 2 is 2.29 bits per heavy atom. The Morgan fingerprint density at radius 3 is 2.94 bits per heavy atom. The molecule has 3 nitrogen and oxygen atoms in total. The standard InChI is InChI=1S/C14H20N2O/c1-10(12-5-6-12)8-16-9-11-3-2-4-13(7-11)14(15)17/h2-4,7,10,12,16H,5-6,8-9H2,1H3,(H2,15,17). The van der Waals surface area contributed by atoms with Crippen LogP contribution in [0.4, 0.5) is 0 Å². The first-order chi connectivity index (χ1) is 8.16. The Morgan fingerprint density at radius 1 is 1.53 bits per heavy atom. The topological polar surface area (TPSA) is 55.1 Å². The van der Waals surface area contributed by atoms with Gasteiger partial charge in [0.15, 0.2) is 0 Å². The van der Waals surface area contributed by atoms with Crippen LogP contribution in [0, 0.1) is 11.8 Å². The summed E-state index contributed by atoms with van der Waals surface area (Å²) in [6.45, 7) is 4.15. The Bertz CT molecular complexity index is 399. The maximum absolute atomic E-state index is 11.0. The van der Waals surface area contributed by atoms with E-state index in [-0.39, 0.29) is 5.91 Å². The lowest BCUT2D eigenvalue weighted by Gasteiger charge is -2.11. The quantitative estimate of drug-likeness (QED) is 0.787.